The molecule has 0 fully saturated rings. The minimum atomic E-state index is -0.548. The number of hydrogen-bond donors (Lipinski definition) is 0. The van der Waals surface area contributed by atoms with E-state index in [0.717, 1.165) is 19.3 Å². The van der Waals surface area contributed by atoms with Crippen LogP contribution in [0.4, 0.5) is 0 Å². The van der Waals surface area contributed by atoms with Gasteiger partial charge in [0.2, 0.25) is 5.43 Å². The molecule has 3 nitrogen and oxygen atoms in total. The smallest absolute Gasteiger partial charge is 0.270 e. The highest BCUT2D eigenvalue weighted by Gasteiger charge is 2.21. The molecule has 1 aromatic carbocycles. The average molecular weight is 220 g/mol. The molecule has 0 aliphatic heterocycles. The fourth-order valence-electron chi connectivity index (χ4n) is 1.25. The Hall–Kier alpha value is -1.56. The van der Waals surface area contributed by atoms with Crippen LogP contribution in [0.2, 0.25) is 0 Å². The summed E-state index contributed by atoms with van der Waals surface area (Å²) in [6.45, 7) is 5.70. The van der Waals surface area contributed by atoms with E-state index in [1.165, 1.54) is 0 Å². The third kappa shape index (κ3) is 2.73. The Morgan fingerprint density at radius 2 is 1.94 bits per heavy atom. The fraction of sp³-hybridized carbons (Fsp3) is 0.538. The van der Waals surface area contributed by atoms with E-state index in [-0.39, 0.29) is 17.4 Å². The van der Waals surface area contributed by atoms with Crippen molar-refractivity contribution >= 4 is 0 Å². The van der Waals surface area contributed by atoms with Gasteiger partial charge in [-0.25, -0.2) is 0 Å². The minimum Gasteiger partial charge on any atom is -0.485 e. The van der Waals surface area contributed by atoms with E-state index in [9.17, 15) is 9.59 Å². The second kappa shape index (κ2) is 5.50. The van der Waals surface area contributed by atoms with Crippen LogP contribution in [0.5, 0.6) is 5.75 Å². The van der Waals surface area contributed by atoms with Gasteiger partial charge in [-0.15, -0.1) is 0 Å². The molecule has 0 bridgehead atoms. The molecule has 1 aromatic rings. The first-order valence-corrected chi connectivity index (χ1v) is 5.56. The number of hydrogen-bond acceptors (Lipinski definition) is 3. The summed E-state index contributed by atoms with van der Waals surface area (Å²) in [4.78, 5) is 22.4. The third-order valence-corrected chi connectivity index (χ3v) is 2.09. The van der Waals surface area contributed by atoms with Gasteiger partial charge in [-0.2, -0.15) is 0 Å². The lowest BCUT2D eigenvalue weighted by Crippen LogP contribution is -2.36. The van der Waals surface area contributed by atoms with E-state index in [4.69, 9.17) is 4.74 Å². The van der Waals surface area contributed by atoms with Crippen LogP contribution in [0.15, 0.2) is 9.59 Å². The molecular weight excluding hydrogens is 204 g/mol. The van der Waals surface area contributed by atoms with E-state index in [2.05, 4.69) is 18.8 Å². The first kappa shape index (κ1) is 12.5. The zero-order chi connectivity index (χ0) is 12.1. The van der Waals surface area contributed by atoms with Gasteiger partial charge < -0.3 is 4.74 Å². The topological polar surface area (TPSA) is 43.4 Å². The largest absolute Gasteiger partial charge is 0.485 e. The van der Waals surface area contributed by atoms with Crippen molar-refractivity contribution in [2.75, 3.05) is 0 Å². The van der Waals surface area contributed by atoms with Crippen molar-refractivity contribution in [1.29, 1.82) is 0 Å². The molecule has 0 aliphatic carbocycles. The van der Waals surface area contributed by atoms with Gasteiger partial charge in [-0.1, -0.05) is 25.2 Å². The van der Waals surface area contributed by atoms with Crippen LogP contribution in [0.25, 0.3) is 0 Å². The maximum Gasteiger partial charge on any atom is 0.270 e. The molecule has 0 aromatic heterocycles. The Kier molecular flexibility index (Phi) is 4.30. The molecule has 0 saturated carbocycles. The summed E-state index contributed by atoms with van der Waals surface area (Å²) < 4.78 is 5.25. The SMILES string of the molecule is CCCCC#Cc1c(OC(C)C)c(=O)c1=O. The molecule has 0 spiro atoms. The first-order chi connectivity index (χ1) is 7.57. The summed E-state index contributed by atoms with van der Waals surface area (Å²) in [6, 6.07) is 0. The quantitative estimate of drug-likeness (QED) is 0.440. The summed E-state index contributed by atoms with van der Waals surface area (Å²) in [5.74, 6) is 5.75. The van der Waals surface area contributed by atoms with E-state index < -0.39 is 10.9 Å². The highest BCUT2D eigenvalue weighted by Crippen LogP contribution is 2.11. The summed E-state index contributed by atoms with van der Waals surface area (Å²) in [5, 5.41) is 0. The molecule has 0 aliphatic rings. The zero-order valence-corrected chi connectivity index (χ0v) is 9.92. The van der Waals surface area contributed by atoms with E-state index in [1.807, 2.05) is 13.8 Å². The van der Waals surface area contributed by atoms with Crippen LogP contribution in [0.1, 0.15) is 45.6 Å². The maximum absolute atomic E-state index is 11.2. The van der Waals surface area contributed by atoms with Crippen molar-refractivity contribution in [2.45, 2.75) is 46.1 Å². The Morgan fingerprint density at radius 1 is 1.25 bits per heavy atom. The second-order valence-electron chi connectivity index (χ2n) is 3.93. The average Bonchev–Trinajstić information content (AvgIpc) is 2.26. The Bertz CT molecular complexity index is 479. The highest BCUT2D eigenvalue weighted by atomic mass is 16.5. The normalized spacial score (nSPS) is 10.2. The van der Waals surface area contributed by atoms with Gasteiger partial charge in [0, 0.05) is 6.42 Å². The minimum absolute atomic E-state index is 0.112. The second-order valence-corrected chi connectivity index (χ2v) is 3.93. The molecule has 1 rings (SSSR count). The number of ether oxygens (including phenoxy) is 1. The molecule has 0 saturated heterocycles. The zero-order valence-electron chi connectivity index (χ0n) is 9.92. The van der Waals surface area contributed by atoms with E-state index in [1.54, 1.807) is 0 Å². The monoisotopic (exact) mass is 220 g/mol. The summed E-state index contributed by atoms with van der Waals surface area (Å²) >= 11 is 0. The molecule has 0 heterocycles. The molecule has 16 heavy (non-hydrogen) atoms. The summed E-state index contributed by atoms with van der Waals surface area (Å²) in [5.41, 5.74) is -0.817. The van der Waals surface area contributed by atoms with Crippen molar-refractivity contribution in [2.24, 2.45) is 0 Å². The highest BCUT2D eigenvalue weighted by molar-refractivity contribution is 5.51. The first-order valence-electron chi connectivity index (χ1n) is 5.56. The van der Waals surface area contributed by atoms with Crippen molar-refractivity contribution in [1.82, 2.24) is 0 Å². The van der Waals surface area contributed by atoms with Gasteiger partial charge >= 0.3 is 0 Å². The summed E-state index contributed by atoms with van der Waals surface area (Å²) in [7, 11) is 0. The van der Waals surface area contributed by atoms with Crippen molar-refractivity contribution < 1.29 is 4.74 Å². The molecule has 0 N–H and O–H groups in total. The van der Waals surface area contributed by atoms with Crippen molar-refractivity contribution in [3.63, 3.8) is 0 Å². The molecule has 3 heteroatoms. The van der Waals surface area contributed by atoms with E-state index in [0.29, 0.717) is 0 Å². The summed E-state index contributed by atoms with van der Waals surface area (Å²) in [6.07, 6.45) is 2.70. The van der Waals surface area contributed by atoms with E-state index >= 15 is 0 Å². The van der Waals surface area contributed by atoms with Gasteiger partial charge in [0.1, 0.15) is 5.56 Å². The van der Waals surface area contributed by atoms with Crippen molar-refractivity contribution in [3.8, 4) is 17.6 Å². The number of rotatable bonds is 4. The van der Waals surface area contributed by atoms with Crippen molar-refractivity contribution in [3.05, 3.63) is 26.0 Å². The van der Waals surface area contributed by atoms with Crippen LogP contribution in [-0.2, 0) is 0 Å². The van der Waals surface area contributed by atoms with Crippen LogP contribution in [-0.4, -0.2) is 6.10 Å². The number of unbranched alkanes of at least 4 members (excludes halogenated alkanes) is 2. The Morgan fingerprint density at radius 3 is 2.50 bits per heavy atom. The lowest BCUT2D eigenvalue weighted by atomic mass is 10.1. The standard InChI is InChI=1S/C13H16O3/c1-4-5-6-7-8-10-11(14)12(15)13(10)16-9(2)3/h9H,4-6H2,1-3H3. The lowest BCUT2D eigenvalue weighted by molar-refractivity contribution is 0.236. The van der Waals surface area contributed by atoms with Gasteiger partial charge in [0.05, 0.1) is 6.10 Å². The Labute approximate surface area is 95.1 Å². The molecule has 86 valence electrons. The molecule has 0 radical (unpaired) electrons. The maximum atomic E-state index is 11.2. The Balaban J connectivity index is 2.79. The van der Waals surface area contributed by atoms with Gasteiger partial charge in [0.15, 0.2) is 5.75 Å². The van der Waals surface area contributed by atoms with Crippen LogP contribution in [0, 0.1) is 11.8 Å². The van der Waals surface area contributed by atoms with Crippen LogP contribution >= 0.6 is 0 Å². The molecule has 0 amide bonds. The van der Waals surface area contributed by atoms with Gasteiger partial charge in [-0.05, 0) is 20.3 Å². The lowest BCUT2D eigenvalue weighted by Gasteiger charge is -2.11. The predicted molar refractivity (Wildman–Crippen MR) is 63.5 cm³/mol. The van der Waals surface area contributed by atoms with Gasteiger partial charge in [0.25, 0.3) is 5.43 Å². The molecular formula is C13H16O3. The predicted octanol–water partition coefficient (Wildman–Crippen LogP) is 1.61. The third-order valence-electron chi connectivity index (χ3n) is 2.09. The van der Waals surface area contributed by atoms with Crippen LogP contribution < -0.4 is 15.6 Å². The van der Waals surface area contributed by atoms with Crippen LogP contribution in [0.3, 0.4) is 0 Å². The fourth-order valence-corrected chi connectivity index (χ4v) is 1.25. The van der Waals surface area contributed by atoms with Gasteiger partial charge in [-0.3, -0.25) is 9.59 Å². The molecule has 0 atom stereocenters. The molecule has 0 unspecified atom stereocenters.